The molecular formula is C10H10BrNO2. The Hall–Kier alpha value is -1.29. The first-order valence-electron chi connectivity index (χ1n) is 4.02. The molecule has 2 N–H and O–H groups in total. The van der Waals surface area contributed by atoms with Crippen LogP contribution in [0.15, 0.2) is 35.3 Å². The fourth-order valence-electron chi connectivity index (χ4n) is 0.950. The van der Waals surface area contributed by atoms with Crippen molar-refractivity contribution in [3.8, 4) is 5.75 Å². The minimum absolute atomic E-state index is 0.0326. The van der Waals surface area contributed by atoms with E-state index in [1.165, 1.54) is 6.07 Å². The van der Waals surface area contributed by atoms with Crippen molar-refractivity contribution in [1.29, 1.82) is 0 Å². The second-order valence-corrected chi connectivity index (χ2v) is 3.58. The van der Waals surface area contributed by atoms with Gasteiger partial charge in [0.2, 0.25) is 0 Å². The van der Waals surface area contributed by atoms with Gasteiger partial charge >= 0.3 is 0 Å². The lowest BCUT2D eigenvalue weighted by Gasteiger charge is -2.04. The summed E-state index contributed by atoms with van der Waals surface area (Å²) < 4.78 is 0.749. The highest BCUT2D eigenvalue weighted by Gasteiger charge is 2.09. The third-order valence-corrected chi connectivity index (χ3v) is 2.10. The molecule has 14 heavy (non-hydrogen) atoms. The number of phenolic OH excluding ortho intramolecular Hbond substituents is 1. The van der Waals surface area contributed by atoms with Gasteiger partial charge in [-0.2, -0.15) is 0 Å². The smallest absolute Gasteiger partial charge is 0.255 e. The van der Waals surface area contributed by atoms with Crippen molar-refractivity contribution in [2.24, 2.45) is 0 Å². The topological polar surface area (TPSA) is 49.3 Å². The van der Waals surface area contributed by atoms with E-state index in [-0.39, 0.29) is 17.2 Å². The predicted molar refractivity (Wildman–Crippen MR) is 58.3 cm³/mol. The Morgan fingerprint density at radius 2 is 2.36 bits per heavy atom. The van der Waals surface area contributed by atoms with E-state index in [4.69, 9.17) is 0 Å². The number of hydrogen-bond donors (Lipinski definition) is 2. The molecule has 0 radical (unpaired) electrons. The van der Waals surface area contributed by atoms with Gasteiger partial charge in [0.1, 0.15) is 5.75 Å². The van der Waals surface area contributed by atoms with E-state index in [1.54, 1.807) is 18.2 Å². The molecule has 1 aromatic carbocycles. The first-order chi connectivity index (χ1) is 6.65. The third-order valence-electron chi connectivity index (χ3n) is 1.61. The normalized spacial score (nSPS) is 9.50. The monoisotopic (exact) mass is 255 g/mol. The summed E-state index contributed by atoms with van der Waals surface area (Å²) in [6.07, 6.45) is 1.58. The molecule has 3 nitrogen and oxygen atoms in total. The Morgan fingerprint density at radius 1 is 1.64 bits per heavy atom. The fraction of sp³-hybridized carbons (Fsp3) is 0.100. The zero-order valence-corrected chi connectivity index (χ0v) is 9.04. The second-order valence-electron chi connectivity index (χ2n) is 2.66. The molecular weight excluding hydrogens is 246 g/mol. The molecule has 0 bridgehead atoms. The summed E-state index contributed by atoms with van der Waals surface area (Å²) in [5.41, 5.74) is 0.251. The van der Waals surface area contributed by atoms with E-state index in [9.17, 15) is 9.90 Å². The van der Waals surface area contributed by atoms with E-state index >= 15 is 0 Å². The van der Waals surface area contributed by atoms with Crippen LogP contribution in [0.2, 0.25) is 0 Å². The molecule has 0 fully saturated rings. The number of aromatic hydroxyl groups is 1. The van der Waals surface area contributed by atoms with Crippen LogP contribution in [-0.4, -0.2) is 17.6 Å². The Labute approximate surface area is 90.6 Å². The van der Waals surface area contributed by atoms with Crippen LogP contribution in [-0.2, 0) is 0 Å². The highest BCUT2D eigenvalue weighted by atomic mass is 79.9. The molecule has 0 aromatic heterocycles. The predicted octanol–water partition coefficient (Wildman–Crippen LogP) is 2.07. The van der Waals surface area contributed by atoms with E-state index in [1.807, 2.05) is 0 Å². The van der Waals surface area contributed by atoms with Crippen molar-refractivity contribution in [2.45, 2.75) is 0 Å². The third kappa shape index (κ3) is 2.60. The molecule has 0 heterocycles. The molecule has 1 rings (SSSR count). The van der Waals surface area contributed by atoms with Crippen molar-refractivity contribution >= 4 is 21.8 Å². The lowest BCUT2D eigenvalue weighted by molar-refractivity contribution is 0.0955. The highest BCUT2D eigenvalue weighted by Crippen LogP contribution is 2.21. The lowest BCUT2D eigenvalue weighted by atomic mass is 10.2. The molecule has 0 spiro atoms. The summed E-state index contributed by atoms with van der Waals surface area (Å²) >= 11 is 3.22. The van der Waals surface area contributed by atoms with Crippen LogP contribution in [0.25, 0.3) is 0 Å². The Bertz CT molecular complexity index is 363. The average Bonchev–Trinajstić information content (AvgIpc) is 2.18. The molecule has 74 valence electrons. The van der Waals surface area contributed by atoms with Gasteiger partial charge in [0, 0.05) is 11.0 Å². The largest absolute Gasteiger partial charge is 0.507 e. The van der Waals surface area contributed by atoms with Crippen molar-refractivity contribution < 1.29 is 9.90 Å². The number of amides is 1. The first kappa shape index (κ1) is 10.8. The first-order valence-corrected chi connectivity index (χ1v) is 4.82. The van der Waals surface area contributed by atoms with Gasteiger partial charge in [-0.1, -0.05) is 22.0 Å². The van der Waals surface area contributed by atoms with E-state index in [0.717, 1.165) is 4.47 Å². The number of carbonyl (C=O) groups excluding carboxylic acids is 1. The Balaban J connectivity index is 2.88. The van der Waals surface area contributed by atoms with Crippen molar-refractivity contribution in [3.63, 3.8) is 0 Å². The van der Waals surface area contributed by atoms with Crippen LogP contribution >= 0.6 is 15.9 Å². The van der Waals surface area contributed by atoms with Crippen LogP contribution in [0.4, 0.5) is 0 Å². The summed E-state index contributed by atoms with van der Waals surface area (Å²) in [6.45, 7) is 3.86. The highest BCUT2D eigenvalue weighted by molar-refractivity contribution is 9.10. The quantitative estimate of drug-likeness (QED) is 0.813. The van der Waals surface area contributed by atoms with E-state index in [2.05, 4.69) is 27.8 Å². The Morgan fingerprint density at radius 3 is 3.00 bits per heavy atom. The van der Waals surface area contributed by atoms with Crippen LogP contribution in [0, 0.1) is 0 Å². The van der Waals surface area contributed by atoms with Gasteiger partial charge in [0.15, 0.2) is 0 Å². The van der Waals surface area contributed by atoms with E-state index in [0.29, 0.717) is 6.54 Å². The molecule has 1 amide bonds. The number of rotatable bonds is 3. The zero-order valence-electron chi connectivity index (χ0n) is 7.46. The van der Waals surface area contributed by atoms with Gasteiger partial charge in [-0.3, -0.25) is 4.79 Å². The summed E-state index contributed by atoms with van der Waals surface area (Å²) in [5.74, 6) is -0.349. The van der Waals surface area contributed by atoms with Crippen molar-refractivity contribution in [2.75, 3.05) is 6.54 Å². The second kappa shape index (κ2) is 4.81. The number of halogens is 1. The van der Waals surface area contributed by atoms with Gasteiger partial charge in [-0.05, 0) is 18.2 Å². The van der Waals surface area contributed by atoms with Gasteiger partial charge in [0.05, 0.1) is 5.56 Å². The lowest BCUT2D eigenvalue weighted by Crippen LogP contribution is -2.23. The van der Waals surface area contributed by atoms with Crippen molar-refractivity contribution in [3.05, 3.63) is 40.9 Å². The number of phenols is 1. The summed E-state index contributed by atoms with van der Waals surface area (Å²) in [7, 11) is 0. The molecule has 0 saturated heterocycles. The Kier molecular flexibility index (Phi) is 3.71. The molecule has 0 aliphatic heterocycles. The minimum Gasteiger partial charge on any atom is -0.507 e. The number of benzene rings is 1. The van der Waals surface area contributed by atoms with Gasteiger partial charge < -0.3 is 10.4 Å². The maximum absolute atomic E-state index is 11.4. The summed E-state index contributed by atoms with van der Waals surface area (Å²) in [6, 6.07) is 4.69. The average molecular weight is 256 g/mol. The molecule has 0 atom stereocenters. The summed E-state index contributed by atoms with van der Waals surface area (Å²) in [5, 5.41) is 12.0. The summed E-state index contributed by atoms with van der Waals surface area (Å²) in [4.78, 5) is 11.4. The van der Waals surface area contributed by atoms with Crippen LogP contribution in [0.1, 0.15) is 10.4 Å². The van der Waals surface area contributed by atoms with Crippen LogP contribution in [0.5, 0.6) is 5.75 Å². The van der Waals surface area contributed by atoms with Crippen LogP contribution < -0.4 is 5.32 Å². The standard InChI is InChI=1S/C10H10BrNO2/c1-2-5-12-10(14)8-6-7(11)3-4-9(8)13/h2-4,6,13H,1,5H2,(H,12,14). The maximum atomic E-state index is 11.4. The van der Waals surface area contributed by atoms with Gasteiger partial charge in [-0.25, -0.2) is 0 Å². The van der Waals surface area contributed by atoms with Crippen molar-refractivity contribution in [1.82, 2.24) is 5.32 Å². The van der Waals surface area contributed by atoms with Gasteiger partial charge in [-0.15, -0.1) is 6.58 Å². The van der Waals surface area contributed by atoms with Gasteiger partial charge in [0.25, 0.3) is 5.91 Å². The molecule has 4 heteroatoms. The molecule has 0 saturated carbocycles. The fourth-order valence-corrected chi connectivity index (χ4v) is 1.31. The molecule has 1 aromatic rings. The molecule has 0 aliphatic carbocycles. The van der Waals surface area contributed by atoms with Crippen LogP contribution in [0.3, 0.4) is 0 Å². The molecule has 0 unspecified atom stereocenters. The maximum Gasteiger partial charge on any atom is 0.255 e. The zero-order chi connectivity index (χ0) is 10.6. The number of hydrogen-bond acceptors (Lipinski definition) is 2. The number of nitrogens with one attached hydrogen (secondary N) is 1. The SMILES string of the molecule is C=CCNC(=O)c1cc(Br)ccc1O. The minimum atomic E-state index is -0.316. The molecule has 0 aliphatic rings. The number of carbonyl (C=O) groups is 1. The van der Waals surface area contributed by atoms with E-state index < -0.39 is 0 Å².